The lowest BCUT2D eigenvalue weighted by Gasteiger charge is -2.35. The van der Waals surface area contributed by atoms with Crippen molar-refractivity contribution in [2.75, 3.05) is 25.5 Å². The molecule has 4 nitrogen and oxygen atoms in total. The second kappa shape index (κ2) is 6.94. The normalized spacial score (nSPS) is 17.0. The van der Waals surface area contributed by atoms with Crippen molar-refractivity contribution >= 4 is 11.7 Å². The number of nitrogens with one attached hydrogen (secondary N) is 1. The Morgan fingerprint density at radius 2 is 2.00 bits per heavy atom. The van der Waals surface area contributed by atoms with Gasteiger partial charge >= 0.3 is 5.97 Å². The molecule has 1 fully saturated rings. The van der Waals surface area contributed by atoms with Gasteiger partial charge in [0.25, 0.3) is 0 Å². The minimum atomic E-state index is -0.285. The number of hydrogen-bond donors (Lipinski definition) is 1. The second-order valence-corrected chi connectivity index (χ2v) is 6.07. The van der Waals surface area contributed by atoms with Crippen LogP contribution in [0.2, 0.25) is 0 Å². The van der Waals surface area contributed by atoms with Gasteiger partial charge in [-0.05, 0) is 51.3 Å². The molecule has 0 saturated carbocycles. The molecule has 0 aromatic heterocycles. The van der Waals surface area contributed by atoms with E-state index in [2.05, 4.69) is 31.0 Å². The van der Waals surface area contributed by atoms with Gasteiger partial charge in [0, 0.05) is 30.9 Å². The van der Waals surface area contributed by atoms with Gasteiger partial charge in [0.2, 0.25) is 0 Å². The van der Waals surface area contributed by atoms with Gasteiger partial charge in [-0.3, -0.25) is 0 Å². The lowest BCUT2D eigenvalue weighted by molar-refractivity contribution is 0.0601. The number of piperidine rings is 1. The molecule has 0 aliphatic carbocycles. The lowest BCUT2D eigenvalue weighted by atomic mass is 10.0. The Morgan fingerprint density at radius 1 is 1.33 bits per heavy atom. The molecule has 0 spiro atoms. The smallest absolute Gasteiger partial charge is 0.337 e. The van der Waals surface area contributed by atoms with Crippen LogP contribution in [0.4, 0.5) is 5.69 Å². The largest absolute Gasteiger partial charge is 0.465 e. The topological polar surface area (TPSA) is 41.6 Å². The summed E-state index contributed by atoms with van der Waals surface area (Å²) >= 11 is 0. The van der Waals surface area contributed by atoms with Gasteiger partial charge in [0.05, 0.1) is 12.7 Å². The van der Waals surface area contributed by atoms with Gasteiger partial charge in [-0.25, -0.2) is 4.79 Å². The minimum Gasteiger partial charge on any atom is -0.465 e. The number of methoxy groups -OCH3 is 1. The van der Waals surface area contributed by atoms with Crippen LogP contribution in [0.1, 0.15) is 42.6 Å². The first-order valence-corrected chi connectivity index (χ1v) is 7.71. The Balaban J connectivity index is 2.01. The third kappa shape index (κ3) is 3.97. The molecule has 1 saturated heterocycles. The van der Waals surface area contributed by atoms with Gasteiger partial charge in [-0.15, -0.1) is 0 Å². The van der Waals surface area contributed by atoms with Crippen LogP contribution in [0, 0.1) is 6.92 Å². The summed E-state index contributed by atoms with van der Waals surface area (Å²) < 4.78 is 4.79. The SMILES string of the molecule is COC(=O)c1ccc(C)c(NC2CCN(C(C)C)CC2)c1. The molecule has 1 aromatic rings. The summed E-state index contributed by atoms with van der Waals surface area (Å²) in [5.74, 6) is -0.285. The molecule has 1 heterocycles. The Morgan fingerprint density at radius 3 is 2.57 bits per heavy atom. The van der Waals surface area contributed by atoms with E-state index in [-0.39, 0.29) is 5.97 Å². The Kier molecular flexibility index (Phi) is 5.23. The van der Waals surface area contributed by atoms with Crippen molar-refractivity contribution in [3.05, 3.63) is 29.3 Å². The van der Waals surface area contributed by atoms with E-state index in [0.717, 1.165) is 37.2 Å². The number of hydrogen-bond acceptors (Lipinski definition) is 4. The number of likely N-dealkylation sites (tertiary alicyclic amines) is 1. The summed E-state index contributed by atoms with van der Waals surface area (Å²) in [6.07, 6.45) is 2.28. The lowest BCUT2D eigenvalue weighted by Crippen LogP contribution is -2.42. The predicted molar refractivity (Wildman–Crippen MR) is 85.9 cm³/mol. The summed E-state index contributed by atoms with van der Waals surface area (Å²) in [6, 6.07) is 6.78. The van der Waals surface area contributed by atoms with E-state index < -0.39 is 0 Å². The van der Waals surface area contributed by atoms with E-state index in [1.165, 1.54) is 7.11 Å². The molecule has 0 unspecified atom stereocenters. The van der Waals surface area contributed by atoms with Gasteiger partial charge in [-0.1, -0.05) is 6.07 Å². The van der Waals surface area contributed by atoms with Crippen LogP contribution in [-0.2, 0) is 4.74 Å². The van der Waals surface area contributed by atoms with Crippen molar-refractivity contribution in [3.8, 4) is 0 Å². The zero-order valence-corrected chi connectivity index (χ0v) is 13.5. The zero-order valence-electron chi connectivity index (χ0n) is 13.5. The van der Waals surface area contributed by atoms with Crippen LogP contribution in [0.15, 0.2) is 18.2 Å². The first-order valence-electron chi connectivity index (χ1n) is 7.71. The van der Waals surface area contributed by atoms with E-state index in [9.17, 15) is 4.79 Å². The molecule has 0 atom stereocenters. The molecule has 0 bridgehead atoms. The second-order valence-electron chi connectivity index (χ2n) is 6.07. The first-order chi connectivity index (χ1) is 10.0. The van der Waals surface area contributed by atoms with E-state index in [4.69, 9.17) is 4.74 Å². The maximum atomic E-state index is 11.6. The highest BCUT2D eigenvalue weighted by molar-refractivity contribution is 5.90. The Hall–Kier alpha value is -1.55. The fraction of sp³-hybridized carbons (Fsp3) is 0.588. The van der Waals surface area contributed by atoms with Crippen LogP contribution in [0.5, 0.6) is 0 Å². The van der Waals surface area contributed by atoms with Crippen LogP contribution < -0.4 is 5.32 Å². The molecule has 1 aromatic carbocycles. The molecule has 1 N–H and O–H groups in total. The third-order valence-electron chi connectivity index (χ3n) is 4.28. The van der Waals surface area contributed by atoms with E-state index >= 15 is 0 Å². The summed E-state index contributed by atoms with van der Waals surface area (Å²) in [5.41, 5.74) is 2.81. The molecule has 1 aliphatic rings. The Labute approximate surface area is 127 Å². The third-order valence-corrected chi connectivity index (χ3v) is 4.28. The van der Waals surface area contributed by atoms with Crippen LogP contribution in [0.3, 0.4) is 0 Å². The fourth-order valence-corrected chi connectivity index (χ4v) is 2.80. The quantitative estimate of drug-likeness (QED) is 0.865. The fourth-order valence-electron chi connectivity index (χ4n) is 2.80. The first kappa shape index (κ1) is 15.8. The van der Waals surface area contributed by atoms with E-state index in [0.29, 0.717) is 17.6 Å². The molecular weight excluding hydrogens is 264 g/mol. The molecule has 116 valence electrons. The molecule has 0 amide bonds. The standard InChI is InChI=1S/C17H26N2O2/c1-12(2)19-9-7-15(8-10-19)18-16-11-14(17(20)21-4)6-5-13(16)3/h5-6,11-12,15,18H,7-10H2,1-4H3. The number of ether oxygens (including phenoxy) is 1. The average molecular weight is 290 g/mol. The number of nitrogens with zero attached hydrogens (tertiary/aromatic N) is 1. The number of rotatable bonds is 4. The monoisotopic (exact) mass is 290 g/mol. The number of carbonyl (C=O) groups is 1. The number of esters is 1. The number of anilines is 1. The molecule has 21 heavy (non-hydrogen) atoms. The molecule has 2 rings (SSSR count). The van der Waals surface area contributed by atoms with Crippen molar-refractivity contribution in [1.29, 1.82) is 0 Å². The van der Waals surface area contributed by atoms with Crippen molar-refractivity contribution < 1.29 is 9.53 Å². The van der Waals surface area contributed by atoms with E-state index in [1.807, 2.05) is 18.2 Å². The zero-order chi connectivity index (χ0) is 15.4. The van der Waals surface area contributed by atoms with Gasteiger partial charge in [-0.2, -0.15) is 0 Å². The summed E-state index contributed by atoms with van der Waals surface area (Å²) in [7, 11) is 1.41. The maximum Gasteiger partial charge on any atom is 0.337 e. The van der Waals surface area contributed by atoms with Crippen molar-refractivity contribution in [1.82, 2.24) is 4.90 Å². The van der Waals surface area contributed by atoms with Crippen molar-refractivity contribution in [3.63, 3.8) is 0 Å². The van der Waals surface area contributed by atoms with Gasteiger partial charge in [0.15, 0.2) is 0 Å². The Bertz CT molecular complexity index is 492. The number of aryl methyl sites for hydroxylation is 1. The van der Waals surface area contributed by atoms with Crippen molar-refractivity contribution in [2.45, 2.75) is 45.7 Å². The van der Waals surface area contributed by atoms with Gasteiger partial charge in [0.1, 0.15) is 0 Å². The minimum absolute atomic E-state index is 0.285. The molecule has 4 heteroatoms. The van der Waals surface area contributed by atoms with Crippen LogP contribution in [0.25, 0.3) is 0 Å². The molecule has 0 radical (unpaired) electrons. The number of carbonyl (C=O) groups excluding carboxylic acids is 1. The highest BCUT2D eigenvalue weighted by Gasteiger charge is 2.21. The summed E-state index contributed by atoms with van der Waals surface area (Å²) in [5, 5.41) is 3.59. The van der Waals surface area contributed by atoms with Gasteiger partial charge < -0.3 is 15.0 Å². The maximum absolute atomic E-state index is 11.6. The predicted octanol–water partition coefficient (Wildman–Crippen LogP) is 3.07. The summed E-state index contributed by atoms with van der Waals surface area (Å²) in [6.45, 7) is 8.82. The summed E-state index contributed by atoms with van der Waals surface area (Å²) in [4.78, 5) is 14.1. The highest BCUT2D eigenvalue weighted by atomic mass is 16.5. The van der Waals surface area contributed by atoms with Crippen LogP contribution in [-0.4, -0.2) is 43.2 Å². The number of benzene rings is 1. The molecular formula is C17H26N2O2. The molecule has 1 aliphatic heterocycles. The average Bonchev–Trinajstić information content (AvgIpc) is 2.49. The highest BCUT2D eigenvalue weighted by Crippen LogP contribution is 2.22. The van der Waals surface area contributed by atoms with E-state index in [1.54, 1.807) is 0 Å². The van der Waals surface area contributed by atoms with Crippen molar-refractivity contribution in [2.24, 2.45) is 0 Å². The van der Waals surface area contributed by atoms with Crippen LogP contribution >= 0.6 is 0 Å².